The first-order valence-corrected chi connectivity index (χ1v) is 14.9. The van der Waals surface area contributed by atoms with E-state index < -0.39 is 40.7 Å². The van der Waals surface area contributed by atoms with Gasteiger partial charge in [-0.05, 0) is 62.0 Å². The molecule has 6 rings (SSSR count). The lowest BCUT2D eigenvalue weighted by Gasteiger charge is -2.69. The minimum absolute atomic E-state index is 0.0537. The van der Waals surface area contributed by atoms with E-state index in [4.69, 9.17) is 18.6 Å². The zero-order valence-corrected chi connectivity index (χ0v) is 24.9. The van der Waals surface area contributed by atoms with E-state index in [9.17, 15) is 14.7 Å². The number of carbonyl (C=O) groups is 2. The molecule has 1 aromatic rings. The predicted octanol–water partition coefficient (Wildman–Crippen LogP) is 5.73. The third-order valence-corrected chi connectivity index (χ3v) is 12.3. The number of aliphatic hydroxyl groups is 1. The Balaban J connectivity index is 1.45. The van der Waals surface area contributed by atoms with E-state index in [1.54, 1.807) is 19.3 Å². The number of hydrogen-bond donors (Lipinski definition) is 1. The molecule has 11 unspecified atom stereocenters. The molecule has 7 heteroatoms. The fourth-order valence-corrected chi connectivity index (χ4v) is 10.4. The number of fused-ring (bicyclic) bond motifs is 4. The Hall–Kier alpha value is -2.38. The highest BCUT2D eigenvalue weighted by Crippen LogP contribution is 2.75. The average molecular weight is 553 g/mol. The largest absolute Gasteiger partial charge is 0.472 e. The minimum Gasteiger partial charge on any atom is -0.472 e. The molecular weight excluding hydrogens is 508 g/mol. The summed E-state index contributed by atoms with van der Waals surface area (Å²) in [6, 6.07) is 2.07. The van der Waals surface area contributed by atoms with E-state index in [0.717, 1.165) is 19.3 Å². The lowest BCUT2D eigenvalue weighted by Crippen LogP contribution is -2.73. The second-order valence-corrected chi connectivity index (χ2v) is 14.0. The molecule has 0 bridgehead atoms. The van der Waals surface area contributed by atoms with Gasteiger partial charge in [0.1, 0.15) is 12.2 Å². The molecule has 0 spiro atoms. The Morgan fingerprint density at radius 2 is 1.88 bits per heavy atom. The molecule has 1 aliphatic heterocycles. The van der Waals surface area contributed by atoms with Crippen molar-refractivity contribution in [2.75, 3.05) is 6.61 Å². The summed E-state index contributed by atoms with van der Waals surface area (Å²) in [4.78, 5) is 25.5. The van der Waals surface area contributed by atoms with Crippen LogP contribution < -0.4 is 0 Å². The first kappa shape index (κ1) is 27.8. The first-order valence-electron chi connectivity index (χ1n) is 14.9. The van der Waals surface area contributed by atoms with Crippen LogP contribution in [0, 0.1) is 33.5 Å². The van der Waals surface area contributed by atoms with Gasteiger partial charge in [-0.25, -0.2) is 4.79 Å². The van der Waals surface area contributed by atoms with Gasteiger partial charge in [-0.15, -0.1) is 0 Å². The average Bonchev–Trinajstić information content (AvgIpc) is 3.63. The van der Waals surface area contributed by atoms with E-state index >= 15 is 0 Å². The fraction of sp³-hybridized carbons (Fsp3) is 0.697. The van der Waals surface area contributed by atoms with E-state index in [-0.39, 0.29) is 29.2 Å². The van der Waals surface area contributed by atoms with Crippen molar-refractivity contribution in [2.45, 2.75) is 104 Å². The van der Waals surface area contributed by atoms with Gasteiger partial charge in [0.2, 0.25) is 0 Å². The number of allylic oxidation sites excluding steroid dienone is 2. The van der Waals surface area contributed by atoms with Crippen molar-refractivity contribution < 1.29 is 33.3 Å². The fourth-order valence-electron chi connectivity index (χ4n) is 10.4. The summed E-state index contributed by atoms with van der Waals surface area (Å²) in [7, 11) is 0. The van der Waals surface area contributed by atoms with Gasteiger partial charge in [-0.2, -0.15) is 0 Å². The molecule has 218 valence electrons. The van der Waals surface area contributed by atoms with Crippen molar-refractivity contribution >= 4 is 11.9 Å². The van der Waals surface area contributed by atoms with Gasteiger partial charge in [0, 0.05) is 41.1 Å². The molecule has 5 aliphatic rings. The zero-order chi connectivity index (χ0) is 28.8. The highest BCUT2D eigenvalue weighted by molar-refractivity contribution is 5.87. The summed E-state index contributed by atoms with van der Waals surface area (Å²) >= 11 is 0. The predicted molar refractivity (Wildman–Crippen MR) is 148 cm³/mol. The molecule has 4 fully saturated rings. The minimum atomic E-state index is -0.740. The number of esters is 2. The second kappa shape index (κ2) is 9.06. The van der Waals surface area contributed by atoms with E-state index in [2.05, 4.69) is 39.8 Å². The molecule has 1 N–H and O–H groups in total. The van der Waals surface area contributed by atoms with Crippen molar-refractivity contribution in [1.29, 1.82) is 0 Å². The molecule has 3 saturated carbocycles. The lowest BCUT2D eigenvalue weighted by atomic mass is 9.36. The standard InChI is InChI=1S/C33H44O7/c1-8-18(2)29(36)40-24-15-25(39-19(3)34)33(7)23-11-13-30(4)21(20-12-14-37-16-20)9-10-22(30)32(23,6)28(35)26-27(33)31(24,5)17-38-26/h8,10,12,14,16,21,23-28,35H,9,11,13,15,17H2,1-7H3. The van der Waals surface area contributed by atoms with Gasteiger partial charge < -0.3 is 23.7 Å². The summed E-state index contributed by atoms with van der Waals surface area (Å²) in [6.07, 6.45) is 8.72. The van der Waals surface area contributed by atoms with E-state index in [1.807, 2.05) is 13.2 Å². The number of ether oxygens (including phenoxy) is 3. The van der Waals surface area contributed by atoms with Crippen LogP contribution in [0.3, 0.4) is 0 Å². The molecule has 0 radical (unpaired) electrons. The summed E-state index contributed by atoms with van der Waals surface area (Å²) in [6.45, 7) is 14.3. The molecule has 0 amide bonds. The maximum absolute atomic E-state index is 13.0. The summed E-state index contributed by atoms with van der Waals surface area (Å²) in [5.74, 6) is -0.503. The Bertz CT molecular complexity index is 1260. The molecule has 40 heavy (non-hydrogen) atoms. The van der Waals surface area contributed by atoms with Crippen LogP contribution in [-0.2, 0) is 23.8 Å². The number of carbonyl (C=O) groups excluding carboxylic acids is 2. The SMILES string of the molecule is CC=C(C)C(=O)OC1CC(OC(C)=O)C2(C)C3C(OCC13C)C(O)C1(C)C3=CCC(c4ccoc4)C3(C)CCC12. The van der Waals surface area contributed by atoms with Crippen LogP contribution in [0.4, 0.5) is 0 Å². The molecule has 11 atom stereocenters. The van der Waals surface area contributed by atoms with Gasteiger partial charge in [0.25, 0.3) is 0 Å². The molecule has 2 heterocycles. The van der Waals surface area contributed by atoms with Crippen molar-refractivity contribution in [2.24, 2.45) is 33.5 Å². The molecule has 4 aliphatic carbocycles. The van der Waals surface area contributed by atoms with Gasteiger partial charge in [-0.1, -0.05) is 45.4 Å². The lowest BCUT2D eigenvalue weighted by molar-refractivity contribution is -0.262. The molecule has 1 saturated heterocycles. The van der Waals surface area contributed by atoms with Gasteiger partial charge in [-0.3, -0.25) is 4.79 Å². The smallest absolute Gasteiger partial charge is 0.333 e. The number of furan rings is 1. The van der Waals surface area contributed by atoms with Crippen molar-refractivity contribution in [3.8, 4) is 0 Å². The van der Waals surface area contributed by atoms with Gasteiger partial charge in [0.15, 0.2) is 0 Å². The van der Waals surface area contributed by atoms with Crippen LogP contribution in [-0.4, -0.2) is 48.1 Å². The Kier molecular flexibility index (Phi) is 6.29. The van der Waals surface area contributed by atoms with E-state index in [1.165, 1.54) is 18.1 Å². The summed E-state index contributed by atoms with van der Waals surface area (Å²) in [5, 5.41) is 12.3. The van der Waals surface area contributed by atoms with Crippen LogP contribution in [0.25, 0.3) is 0 Å². The van der Waals surface area contributed by atoms with Gasteiger partial charge >= 0.3 is 11.9 Å². The topological polar surface area (TPSA) is 95.2 Å². The van der Waals surface area contributed by atoms with Gasteiger partial charge in [0.05, 0.1) is 31.3 Å². The Morgan fingerprint density at radius 3 is 2.52 bits per heavy atom. The van der Waals surface area contributed by atoms with Crippen molar-refractivity contribution in [1.82, 2.24) is 0 Å². The number of aliphatic hydroxyl groups excluding tert-OH is 1. The Morgan fingerprint density at radius 1 is 1.12 bits per heavy atom. The van der Waals surface area contributed by atoms with E-state index in [0.29, 0.717) is 24.5 Å². The highest BCUT2D eigenvalue weighted by Gasteiger charge is 2.77. The maximum atomic E-state index is 13.0. The van der Waals surface area contributed by atoms with Crippen LogP contribution in [0.1, 0.15) is 85.6 Å². The Labute approximate surface area is 237 Å². The van der Waals surface area contributed by atoms with Crippen LogP contribution >= 0.6 is 0 Å². The first-order chi connectivity index (χ1) is 18.8. The zero-order valence-electron chi connectivity index (χ0n) is 24.9. The van der Waals surface area contributed by atoms with Crippen LogP contribution in [0.5, 0.6) is 0 Å². The molecular formula is C33H44O7. The van der Waals surface area contributed by atoms with Crippen LogP contribution in [0.15, 0.2) is 46.3 Å². The normalized spacial score (nSPS) is 47.5. The highest BCUT2D eigenvalue weighted by atomic mass is 16.6. The maximum Gasteiger partial charge on any atom is 0.333 e. The number of rotatable bonds is 4. The quantitative estimate of drug-likeness (QED) is 0.289. The molecule has 7 nitrogen and oxygen atoms in total. The third kappa shape index (κ3) is 3.43. The molecule has 0 aromatic carbocycles. The van der Waals surface area contributed by atoms with Crippen molar-refractivity contribution in [3.63, 3.8) is 0 Å². The second-order valence-electron chi connectivity index (χ2n) is 14.0. The summed E-state index contributed by atoms with van der Waals surface area (Å²) < 4.78 is 24.3. The summed E-state index contributed by atoms with van der Waals surface area (Å²) in [5.41, 5.74) is 1.36. The monoisotopic (exact) mass is 552 g/mol. The molecule has 1 aromatic heterocycles. The van der Waals surface area contributed by atoms with Crippen LogP contribution in [0.2, 0.25) is 0 Å². The third-order valence-electron chi connectivity index (χ3n) is 12.3. The van der Waals surface area contributed by atoms with Crippen molar-refractivity contribution in [3.05, 3.63) is 47.5 Å². The number of hydrogen-bond acceptors (Lipinski definition) is 7.